The zero-order chi connectivity index (χ0) is 11.9. The van der Waals surface area contributed by atoms with Crippen molar-refractivity contribution in [2.75, 3.05) is 0 Å². The minimum atomic E-state index is -4.74. The van der Waals surface area contributed by atoms with E-state index in [1.807, 2.05) is 0 Å². The Morgan fingerprint density at radius 2 is 1.07 bits per heavy atom. The van der Waals surface area contributed by atoms with Crippen LogP contribution in [0.4, 0.5) is 26.3 Å². The van der Waals surface area contributed by atoms with Crippen LogP contribution in [-0.2, 0) is 12.4 Å². The zero-order valence-electron chi connectivity index (χ0n) is 7.50. The minimum absolute atomic E-state index is 0.0668. The lowest BCUT2D eigenvalue weighted by Gasteiger charge is -2.12. The van der Waals surface area contributed by atoms with Crippen molar-refractivity contribution in [3.8, 4) is 0 Å². The van der Waals surface area contributed by atoms with Crippen molar-refractivity contribution in [2.45, 2.75) is 12.4 Å². The molecule has 82 valence electrons. The van der Waals surface area contributed by atoms with Gasteiger partial charge in [0.05, 0.1) is 11.1 Å². The summed E-state index contributed by atoms with van der Waals surface area (Å²) in [6, 6.07) is 1.60. The third kappa shape index (κ3) is 3.15. The molecule has 7 heteroatoms. The molecule has 0 heterocycles. The summed E-state index contributed by atoms with van der Waals surface area (Å²) in [5.74, 6) is 0. The molecule has 0 N–H and O–H groups in total. The summed E-state index contributed by atoms with van der Waals surface area (Å²) in [5, 5.41) is 0. The summed E-state index contributed by atoms with van der Waals surface area (Å²) in [4.78, 5) is 0. The summed E-state index contributed by atoms with van der Waals surface area (Å²) in [5.41, 5.74) is -2.50. The molecule has 0 aromatic heterocycles. The molecule has 0 fully saturated rings. The lowest BCUT2D eigenvalue weighted by Crippen LogP contribution is -2.16. The molecule has 1 rings (SSSR count). The largest absolute Gasteiger partial charge is 0.416 e. The summed E-state index contributed by atoms with van der Waals surface area (Å²) < 4.78 is 73.2. The summed E-state index contributed by atoms with van der Waals surface area (Å²) in [7, 11) is 0. The van der Waals surface area contributed by atoms with E-state index < -0.39 is 23.5 Å². The van der Waals surface area contributed by atoms with E-state index in [1.165, 1.54) is 0 Å². The van der Waals surface area contributed by atoms with E-state index in [0.717, 1.165) is 12.1 Å². The average molecular weight is 242 g/mol. The van der Waals surface area contributed by atoms with Crippen LogP contribution in [-0.4, -0.2) is 16.3 Å². The minimum Gasteiger partial charge on any atom is -0.166 e. The Labute approximate surface area is 89.3 Å². The summed E-state index contributed by atoms with van der Waals surface area (Å²) in [6.45, 7) is 0. The first-order valence-electron chi connectivity index (χ1n) is 3.87. The highest BCUT2D eigenvalue weighted by Crippen LogP contribution is 2.34. The molecule has 0 saturated carbocycles. The molecule has 0 aliphatic rings. The van der Waals surface area contributed by atoms with E-state index in [9.17, 15) is 26.3 Å². The molecule has 1 aromatic carbocycles. The molecule has 0 atom stereocenters. The number of hydrogen-bond donors (Lipinski definition) is 0. The topological polar surface area (TPSA) is 0 Å². The molecule has 15 heavy (non-hydrogen) atoms. The van der Waals surface area contributed by atoms with Crippen molar-refractivity contribution in [1.82, 2.24) is 0 Å². The third-order valence-corrected chi connectivity index (χ3v) is 2.31. The number of alkyl halides is 6. The van der Waals surface area contributed by atoms with Gasteiger partial charge in [0.1, 0.15) is 0 Å². The lowest BCUT2D eigenvalue weighted by atomic mass is 10.1. The van der Waals surface area contributed by atoms with Gasteiger partial charge in [-0.15, -0.1) is 4.43 Å². The standard InChI is InChI=1S/C8H3F6.Al.2H/c9-7(10,11)5-2-1-3-6(4-5)8(12,13)14;;;/h2-4H;;;. The fourth-order valence-corrected chi connectivity index (χ4v) is 1.73. The number of hydrogen-bond acceptors (Lipinski definition) is 0. The predicted octanol–water partition coefficient (Wildman–Crippen LogP) is 1.98. The van der Waals surface area contributed by atoms with E-state index in [0.29, 0.717) is 0 Å². The maximum absolute atomic E-state index is 12.2. The maximum Gasteiger partial charge on any atom is 0.416 e. The second-order valence-corrected chi connectivity index (χ2v) is 4.24. The molecule has 0 amide bonds. The Morgan fingerprint density at radius 1 is 0.733 bits per heavy atom. The summed E-state index contributed by atoms with van der Waals surface area (Å²) >= 11 is 0.138. The SMILES string of the molecule is FC(F)(F)c1c[c]([AlH2])cc(C(F)(F)F)c1. The van der Waals surface area contributed by atoms with Gasteiger partial charge in [0.25, 0.3) is 16.3 Å². The third-order valence-electron chi connectivity index (χ3n) is 1.73. The van der Waals surface area contributed by atoms with Crippen molar-refractivity contribution in [1.29, 1.82) is 0 Å². The van der Waals surface area contributed by atoms with Crippen LogP contribution in [0.15, 0.2) is 18.2 Å². The molecule has 0 aliphatic heterocycles. The molecular formula is C8H5AlF6. The van der Waals surface area contributed by atoms with Crippen LogP contribution in [0.2, 0.25) is 0 Å². The first-order valence-corrected chi connectivity index (χ1v) is 4.87. The zero-order valence-corrected chi connectivity index (χ0v) is 9.50. The number of halogens is 6. The predicted molar refractivity (Wildman–Crippen MR) is 44.6 cm³/mol. The lowest BCUT2D eigenvalue weighted by molar-refractivity contribution is -0.142. The second-order valence-electron chi connectivity index (χ2n) is 3.08. The molecule has 0 unspecified atom stereocenters. The highest BCUT2D eigenvalue weighted by atomic mass is 27.0. The van der Waals surface area contributed by atoms with Crippen LogP contribution in [0.3, 0.4) is 0 Å². The van der Waals surface area contributed by atoms with Crippen molar-refractivity contribution in [3.05, 3.63) is 29.3 Å². The monoisotopic (exact) mass is 242 g/mol. The Balaban J connectivity index is 3.30. The van der Waals surface area contributed by atoms with Crippen LogP contribution < -0.4 is 4.43 Å². The van der Waals surface area contributed by atoms with Crippen LogP contribution in [0, 0.1) is 0 Å². The van der Waals surface area contributed by atoms with Crippen LogP contribution in [0.5, 0.6) is 0 Å². The molecule has 1 aromatic rings. The van der Waals surface area contributed by atoms with Gasteiger partial charge in [-0.25, -0.2) is 0 Å². The highest BCUT2D eigenvalue weighted by Gasteiger charge is 2.36. The van der Waals surface area contributed by atoms with E-state index >= 15 is 0 Å². The van der Waals surface area contributed by atoms with Crippen molar-refractivity contribution < 1.29 is 26.3 Å². The van der Waals surface area contributed by atoms with E-state index in [4.69, 9.17) is 0 Å². The maximum atomic E-state index is 12.2. The summed E-state index contributed by atoms with van der Waals surface area (Å²) in [6.07, 6.45) is -9.47. The van der Waals surface area contributed by atoms with Gasteiger partial charge >= 0.3 is 12.4 Å². The van der Waals surface area contributed by atoms with E-state index in [1.54, 1.807) is 0 Å². The van der Waals surface area contributed by atoms with Crippen molar-refractivity contribution in [2.24, 2.45) is 0 Å². The van der Waals surface area contributed by atoms with Gasteiger partial charge in [0, 0.05) is 0 Å². The average Bonchev–Trinajstić information content (AvgIpc) is 1.99. The van der Waals surface area contributed by atoms with Crippen molar-refractivity contribution in [3.63, 3.8) is 0 Å². The molecule has 0 radical (unpaired) electrons. The molecule has 0 saturated heterocycles. The van der Waals surface area contributed by atoms with E-state index in [-0.39, 0.29) is 26.8 Å². The fraction of sp³-hybridized carbons (Fsp3) is 0.250. The Morgan fingerprint density at radius 3 is 1.33 bits per heavy atom. The molecule has 0 nitrogen and oxygen atoms in total. The first-order chi connectivity index (χ1) is 6.60. The van der Waals surface area contributed by atoms with Gasteiger partial charge in [0.2, 0.25) is 0 Å². The van der Waals surface area contributed by atoms with Gasteiger partial charge < -0.3 is 0 Å². The van der Waals surface area contributed by atoms with Crippen LogP contribution >= 0.6 is 0 Å². The van der Waals surface area contributed by atoms with Crippen molar-refractivity contribution >= 4 is 20.7 Å². The van der Waals surface area contributed by atoms with Gasteiger partial charge in [-0.2, -0.15) is 26.3 Å². The van der Waals surface area contributed by atoms with Gasteiger partial charge in [-0.3, -0.25) is 0 Å². The normalized spacial score (nSPS) is 12.9. The molecule has 0 spiro atoms. The van der Waals surface area contributed by atoms with Gasteiger partial charge in [-0.1, -0.05) is 12.1 Å². The molecule has 0 bridgehead atoms. The van der Waals surface area contributed by atoms with E-state index in [2.05, 4.69) is 0 Å². The first kappa shape index (κ1) is 12.4. The smallest absolute Gasteiger partial charge is 0.166 e. The Kier molecular flexibility index (Phi) is 3.08. The van der Waals surface area contributed by atoms with Crippen LogP contribution in [0.1, 0.15) is 11.1 Å². The number of rotatable bonds is 0. The Hall–Kier alpha value is -0.668. The van der Waals surface area contributed by atoms with Gasteiger partial charge in [0.15, 0.2) is 0 Å². The molecular weight excluding hydrogens is 237 g/mol. The number of benzene rings is 1. The Bertz CT molecular complexity index is 332. The molecule has 0 aliphatic carbocycles. The quantitative estimate of drug-likeness (QED) is 0.482. The second kappa shape index (κ2) is 3.72. The van der Waals surface area contributed by atoms with Gasteiger partial charge in [-0.05, 0) is 6.07 Å². The fourth-order valence-electron chi connectivity index (χ4n) is 1.11. The van der Waals surface area contributed by atoms with Crippen LogP contribution in [0.25, 0.3) is 0 Å². The highest BCUT2D eigenvalue weighted by molar-refractivity contribution is 6.32.